The van der Waals surface area contributed by atoms with Gasteiger partial charge >= 0.3 is 0 Å². The van der Waals surface area contributed by atoms with E-state index in [1.165, 1.54) is 0 Å². The molecular weight excluding hydrogens is 366 g/mol. The lowest BCUT2D eigenvalue weighted by atomic mass is 9.87. The van der Waals surface area contributed by atoms with Gasteiger partial charge in [-0.3, -0.25) is 9.48 Å². The van der Waals surface area contributed by atoms with Gasteiger partial charge in [-0.1, -0.05) is 11.6 Å². The van der Waals surface area contributed by atoms with Crippen LogP contribution in [0.2, 0.25) is 5.02 Å². The molecule has 144 valence electrons. The van der Waals surface area contributed by atoms with Crippen LogP contribution in [0.3, 0.4) is 0 Å². The van der Waals surface area contributed by atoms with E-state index < -0.39 is 0 Å². The predicted octanol–water partition coefficient (Wildman–Crippen LogP) is 2.26. The Balaban J connectivity index is 1.39. The minimum absolute atomic E-state index is 0.159. The van der Waals surface area contributed by atoms with Gasteiger partial charge in [0.25, 0.3) is 0 Å². The molecule has 2 fully saturated rings. The average molecular weight is 390 g/mol. The maximum absolute atomic E-state index is 12.9. The summed E-state index contributed by atoms with van der Waals surface area (Å²) >= 11 is 5.93. The number of aryl methyl sites for hydroxylation is 1. The third-order valence-corrected chi connectivity index (χ3v) is 5.80. The van der Waals surface area contributed by atoms with E-state index in [0.717, 1.165) is 37.4 Å². The summed E-state index contributed by atoms with van der Waals surface area (Å²) in [6.07, 6.45) is 5.51. The third-order valence-electron chi connectivity index (χ3n) is 5.58. The van der Waals surface area contributed by atoms with Gasteiger partial charge in [0.05, 0.1) is 35.9 Å². The molecule has 2 aliphatic rings. The first-order valence-electron chi connectivity index (χ1n) is 9.30. The Morgan fingerprint density at radius 1 is 1.22 bits per heavy atom. The topological polar surface area (TPSA) is 63.5 Å². The normalized spacial score (nSPS) is 20.1. The molecule has 7 nitrogen and oxygen atoms in total. The zero-order valence-corrected chi connectivity index (χ0v) is 16.2. The highest BCUT2D eigenvalue weighted by Crippen LogP contribution is 2.34. The molecule has 0 aromatic carbocycles. The van der Waals surface area contributed by atoms with Crippen molar-refractivity contribution in [1.29, 1.82) is 0 Å². The van der Waals surface area contributed by atoms with Crippen LogP contribution < -0.4 is 4.90 Å². The van der Waals surface area contributed by atoms with Crippen LogP contribution in [0.1, 0.15) is 25.0 Å². The van der Waals surface area contributed by atoms with E-state index in [4.69, 9.17) is 16.3 Å². The van der Waals surface area contributed by atoms with Crippen LogP contribution in [0.4, 0.5) is 5.82 Å². The maximum Gasteiger partial charge on any atom is 0.225 e. The van der Waals surface area contributed by atoms with Crippen molar-refractivity contribution in [2.75, 3.05) is 31.1 Å². The van der Waals surface area contributed by atoms with E-state index >= 15 is 0 Å². The van der Waals surface area contributed by atoms with Crippen molar-refractivity contribution in [3.05, 3.63) is 41.3 Å². The number of halogens is 1. The van der Waals surface area contributed by atoms with Crippen LogP contribution in [0, 0.1) is 0 Å². The molecule has 0 atom stereocenters. The maximum atomic E-state index is 12.9. The van der Waals surface area contributed by atoms with Crippen LogP contribution in [-0.2, 0) is 23.1 Å². The molecule has 2 aromatic rings. The summed E-state index contributed by atoms with van der Waals surface area (Å²) in [5, 5.41) is 4.82. The van der Waals surface area contributed by atoms with Crippen molar-refractivity contribution in [2.24, 2.45) is 7.05 Å². The van der Waals surface area contributed by atoms with Gasteiger partial charge in [0.1, 0.15) is 5.82 Å². The van der Waals surface area contributed by atoms with Gasteiger partial charge in [-0.2, -0.15) is 5.10 Å². The molecule has 4 heterocycles. The van der Waals surface area contributed by atoms with Crippen LogP contribution in [0.15, 0.2) is 30.6 Å². The van der Waals surface area contributed by atoms with Crippen molar-refractivity contribution in [2.45, 2.75) is 31.4 Å². The highest BCUT2D eigenvalue weighted by Gasteiger charge is 2.41. The molecule has 27 heavy (non-hydrogen) atoms. The van der Waals surface area contributed by atoms with Crippen molar-refractivity contribution < 1.29 is 9.53 Å². The number of nitrogens with zero attached hydrogens (tertiary/aromatic N) is 5. The zero-order valence-electron chi connectivity index (χ0n) is 15.5. The van der Waals surface area contributed by atoms with Gasteiger partial charge in [-0.05, 0) is 31.0 Å². The first-order valence-corrected chi connectivity index (χ1v) is 9.68. The number of rotatable bonds is 3. The number of aromatic nitrogens is 3. The monoisotopic (exact) mass is 389 g/mol. The number of amides is 1. The number of carbonyl (C=O) groups is 1. The number of carbonyl (C=O) groups excluding carboxylic acids is 1. The first kappa shape index (κ1) is 18.3. The highest BCUT2D eigenvalue weighted by atomic mass is 35.5. The summed E-state index contributed by atoms with van der Waals surface area (Å²) in [5.41, 5.74) is 0.671. The van der Waals surface area contributed by atoms with E-state index in [2.05, 4.69) is 15.0 Å². The Labute approximate surface area is 163 Å². The number of piperidine rings is 1. The third kappa shape index (κ3) is 3.94. The summed E-state index contributed by atoms with van der Waals surface area (Å²) in [7, 11) is 1.90. The first-order chi connectivity index (χ1) is 13.0. The number of hydrogen-bond acceptors (Lipinski definition) is 5. The van der Waals surface area contributed by atoms with Gasteiger partial charge in [-0.15, -0.1) is 0 Å². The van der Waals surface area contributed by atoms with Crippen molar-refractivity contribution in [3.63, 3.8) is 0 Å². The molecule has 0 saturated carbocycles. The fraction of sp³-hybridized carbons (Fsp3) is 0.526. The van der Waals surface area contributed by atoms with Crippen LogP contribution >= 0.6 is 11.6 Å². The number of hydrogen-bond donors (Lipinski definition) is 0. The number of ether oxygens (including phenoxy) is 1. The predicted molar refractivity (Wildman–Crippen MR) is 103 cm³/mol. The minimum atomic E-state index is -0.360. The van der Waals surface area contributed by atoms with E-state index in [9.17, 15) is 4.79 Å². The van der Waals surface area contributed by atoms with Gasteiger partial charge in [-0.25, -0.2) is 4.98 Å². The SMILES string of the molecule is Cn1nccc1CN1CCOC2(CCN(c3ccc(Cl)cn3)CC2)CC1=O. The Morgan fingerprint density at radius 2 is 2.04 bits per heavy atom. The summed E-state index contributed by atoms with van der Waals surface area (Å²) in [4.78, 5) is 21.4. The lowest BCUT2D eigenvalue weighted by Gasteiger charge is -2.41. The van der Waals surface area contributed by atoms with Gasteiger partial charge in [0.2, 0.25) is 5.91 Å². The van der Waals surface area contributed by atoms with E-state index in [0.29, 0.717) is 31.1 Å². The smallest absolute Gasteiger partial charge is 0.225 e. The van der Waals surface area contributed by atoms with E-state index in [-0.39, 0.29) is 11.5 Å². The second-order valence-electron chi connectivity index (χ2n) is 7.29. The van der Waals surface area contributed by atoms with Gasteiger partial charge in [0, 0.05) is 39.1 Å². The zero-order chi connectivity index (χ0) is 18.9. The largest absolute Gasteiger partial charge is 0.372 e. The number of anilines is 1. The average Bonchev–Trinajstić information content (AvgIpc) is 3.00. The van der Waals surface area contributed by atoms with Crippen molar-refractivity contribution in [3.8, 4) is 0 Å². The Morgan fingerprint density at radius 3 is 2.70 bits per heavy atom. The Bertz CT molecular complexity index is 799. The lowest BCUT2D eigenvalue weighted by Crippen LogP contribution is -2.47. The standard InChI is InChI=1S/C19H24ClN5O2/c1-23-16(4-7-22-23)14-25-10-11-27-19(12-18(25)26)5-8-24(9-6-19)17-3-2-15(20)13-21-17/h2-4,7,13H,5-6,8-12,14H2,1H3. The van der Waals surface area contributed by atoms with Gasteiger partial charge in [0.15, 0.2) is 0 Å². The summed E-state index contributed by atoms with van der Waals surface area (Å²) in [6, 6.07) is 5.75. The second kappa shape index (κ2) is 7.48. The fourth-order valence-corrected chi connectivity index (χ4v) is 3.99. The summed E-state index contributed by atoms with van der Waals surface area (Å²) in [5.74, 6) is 1.08. The molecule has 8 heteroatoms. The molecule has 0 aliphatic carbocycles. The Kier molecular flexibility index (Phi) is 5.06. The molecule has 0 bridgehead atoms. The van der Waals surface area contributed by atoms with Crippen molar-refractivity contribution >= 4 is 23.3 Å². The van der Waals surface area contributed by atoms with Gasteiger partial charge < -0.3 is 14.5 Å². The molecule has 1 spiro atoms. The molecule has 0 radical (unpaired) electrons. The van der Waals surface area contributed by atoms with E-state index in [1.807, 2.05) is 34.8 Å². The molecule has 1 amide bonds. The van der Waals surface area contributed by atoms with Crippen LogP contribution in [0.5, 0.6) is 0 Å². The number of pyridine rings is 1. The minimum Gasteiger partial charge on any atom is -0.372 e. The van der Waals surface area contributed by atoms with E-state index in [1.54, 1.807) is 12.4 Å². The van der Waals surface area contributed by atoms with Crippen LogP contribution in [0.25, 0.3) is 0 Å². The molecule has 2 saturated heterocycles. The molecule has 2 aliphatic heterocycles. The lowest BCUT2D eigenvalue weighted by molar-refractivity contribution is -0.134. The molecule has 4 rings (SSSR count). The van der Waals surface area contributed by atoms with Crippen molar-refractivity contribution in [1.82, 2.24) is 19.7 Å². The molecule has 0 N–H and O–H groups in total. The molecule has 0 unspecified atom stereocenters. The quantitative estimate of drug-likeness (QED) is 0.805. The summed E-state index contributed by atoms with van der Waals surface area (Å²) < 4.78 is 8.04. The fourth-order valence-electron chi connectivity index (χ4n) is 3.87. The Hall–Kier alpha value is -2.12. The summed E-state index contributed by atoms with van der Waals surface area (Å²) in [6.45, 7) is 3.42. The molecular formula is C19H24ClN5O2. The molecule has 2 aromatic heterocycles. The second-order valence-corrected chi connectivity index (χ2v) is 7.73. The van der Waals surface area contributed by atoms with Crippen LogP contribution in [-0.4, -0.2) is 57.4 Å². The highest BCUT2D eigenvalue weighted by molar-refractivity contribution is 6.30.